The molecule has 0 aliphatic carbocycles. The van der Waals surface area contributed by atoms with E-state index in [0.717, 1.165) is 22.7 Å². The highest BCUT2D eigenvalue weighted by atomic mass is 15.1. The average Bonchev–Trinajstić information content (AvgIpc) is 3.57. The summed E-state index contributed by atoms with van der Waals surface area (Å²) in [5, 5.41) is 5.06. The van der Waals surface area contributed by atoms with Crippen LogP contribution in [0.2, 0.25) is 0 Å². The Morgan fingerprint density at radius 2 is 0.833 bits per heavy atom. The highest BCUT2D eigenvalue weighted by molar-refractivity contribution is 6.13. The van der Waals surface area contributed by atoms with E-state index in [2.05, 4.69) is 228 Å². The van der Waals surface area contributed by atoms with E-state index in [4.69, 9.17) is 0 Å². The molecule has 0 fully saturated rings. The van der Waals surface area contributed by atoms with Gasteiger partial charge in [0.1, 0.15) is 0 Å². The lowest BCUT2D eigenvalue weighted by atomic mass is 9.96. The van der Waals surface area contributed by atoms with Crippen LogP contribution in [0.15, 0.2) is 218 Å². The van der Waals surface area contributed by atoms with Crippen molar-refractivity contribution in [2.24, 2.45) is 0 Å². The maximum absolute atomic E-state index is 2.40. The molecule has 1 aromatic heterocycles. The van der Waals surface area contributed by atoms with Crippen LogP contribution in [0.1, 0.15) is 0 Å². The molecule has 0 spiro atoms. The number of benzene rings is 9. The molecule has 0 saturated heterocycles. The van der Waals surface area contributed by atoms with E-state index in [-0.39, 0.29) is 0 Å². The van der Waals surface area contributed by atoms with Crippen molar-refractivity contribution in [3.05, 3.63) is 218 Å². The van der Waals surface area contributed by atoms with Crippen molar-refractivity contribution in [3.63, 3.8) is 0 Å². The number of anilines is 3. The topological polar surface area (TPSA) is 8.17 Å². The molecule has 2 heteroatoms. The second kappa shape index (κ2) is 13.4. The van der Waals surface area contributed by atoms with Crippen molar-refractivity contribution in [1.82, 2.24) is 4.57 Å². The molecule has 0 saturated carbocycles. The Morgan fingerprint density at radius 3 is 1.54 bits per heavy atom. The zero-order valence-corrected chi connectivity index (χ0v) is 29.7. The summed E-state index contributed by atoms with van der Waals surface area (Å²) in [6.45, 7) is 0. The molecule has 0 bridgehead atoms. The fourth-order valence-corrected chi connectivity index (χ4v) is 7.93. The molecule has 54 heavy (non-hydrogen) atoms. The quantitative estimate of drug-likeness (QED) is 0.162. The van der Waals surface area contributed by atoms with Crippen LogP contribution in [0.25, 0.3) is 71.6 Å². The Labute approximate surface area is 315 Å². The molecule has 0 amide bonds. The number of nitrogens with zero attached hydrogens (tertiary/aromatic N) is 2. The molecule has 0 atom stereocenters. The van der Waals surface area contributed by atoms with Gasteiger partial charge >= 0.3 is 0 Å². The fraction of sp³-hybridized carbons (Fsp3) is 0. The fourth-order valence-electron chi connectivity index (χ4n) is 7.93. The Kier molecular flexibility index (Phi) is 7.85. The van der Waals surface area contributed by atoms with Crippen LogP contribution in [0.5, 0.6) is 0 Å². The van der Waals surface area contributed by atoms with Gasteiger partial charge in [-0.1, -0.05) is 152 Å². The SMILES string of the molecule is c1ccc(-c2ccc(N(c3ccccc3)c3ccc(-c4ccc(-n5c6ccccc6c6cc7ccccc7cc65)cc4)cc3)c(-c3ccccc3)c2)cc1. The first kappa shape index (κ1) is 31.6. The zero-order valence-electron chi connectivity index (χ0n) is 29.7. The molecule has 0 aliphatic heterocycles. The molecule has 0 N–H and O–H groups in total. The summed E-state index contributed by atoms with van der Waals surface area (Å²) in [5.74, 6) is 0. The van der Waals surface area contributed by atoms with Gasteiger partial charge in [-0.3, -0.25) is 0 Å². The van der Waals surface area contributed by atoms with Crippen LogP contribution in [-0.2, 0) is 0 Å². The minimum Gasteiger partial charge on any atom is -0.310 e. The number of para-hydroxylation sites is 2. The number of hydrogen-bond donors (Lipinski definition) is 0. The predicted molar refractivity (Wildman–Crippen MR) is 229 cm³/mol. The molecular formula is C52H36N2. The molecule has 10 aromatic rings. The second-order valence-electron chi connectivity index (χ2n) is 13.8. The Bertz CT molecular complexity index is 2890. The van der Waals surface area contributed by atoms with Crippen molar-refractivity contribution >= 4 is 49.6 Å². The van der Waals surface area contributed by atoms with Crippen molar-refractivity contribution in [3.8, 4) is 39.1 Å². The average molecular weight is 689 g/mol. The van der Waals surface area contributed by atoms with Gasteiger partial charge in [0.2, 0.25) is 0 Å². The molecule has 2 nitrogen and oxygen atoms in total. The van der Waals surface area contributed by atoms with Gasteiger partial charge in [-0.15, -0.1) is 0 Å². The van der Waals surface area contributed by atoms with Crippen molar-refractivity contribution in [2.45, 2.75) is 0 Å². The maximum Gasteiger partial charge on any atom is 0.0547 e. The van der Waals surface area contributed by atoms with Gasteiger partial charge in [-0.25, -0.2) is 0 Å². The standard InChI is InChI=1S/C52H36N2/c1-4-14-37(15-5-1)43-28-33-51(48(34-43)40-16-6-2-7-17-40)53(44-20-8-3-9-21-44)45-29-24-38(25-30-45)39-26-31-46(32-27-39)54-50-23-13-12-22-47(50)49-35-41-18-10-11-19-42(41)36-52(49)54/h1-36H. The molecule has 254 valence electrons. The summed E-state index contributed by atoms with van der Waals surface area (Å²) >= 11 is 0. The van der Waals surface area contributed by atoms with E-state index in [1.165, 1.54) is 66.0 Å². The third-order valence-electron chi connectivity index (χ3n) is 10.6. The second-order valence-corrected chi connectivity index (χ2v) is 13.8. The highest BCUT2D eigenvalue weighted by Gasteiger charge is 2.19. The molecule has 0 unspecified atom stereocenters. The third kappa shape index (κ3) is 5.62. The van der Waals surface area contributed by atoms with Gasteiger partial charge in [-0.05, 0) is 105 Å². The van der Waals surface area contributed by atoms with Crippen molar-refractivity contribution < 1.29 is 0 Å². The molecule has 10 rings (SSSR count). The number of rotatable bonds is 7. The van der Waals surface area contributed by atoms with Crippen LogP contribution in [0, 0.1) is 0 Å². The summed E-state index contributed by atoms with van der Waals surface area (Å²) < 4.78 is 2.40. The summed E-state index contributed by atoms with van der Waals surface area (Å²) in [4.78, 5) is 2.37. The third-order valence-corrected chi connectivity index (χ3v) is 10.6. The number of aromatic nitrogens is 1. The lowest BCUT2D eigenvalue weighted by molar-refractivity contribution is 1.18. The highest BCUT2D eigenvalue weighted by Crippen LogP contribution is 2.43. The molecule has 1 heterocycles. The van der Waals surface area contributed by atoms with E-state index >= 15 is 0 Å². The predicted octanol–water partition coefficient (Wildman–Crippen LogP) is 14.4. The minimum absolute atomic E-state index is 1.10. The summed E-state index contributed by atoms with van der Waals surface area (Å²) in [6.07, 6.45) is 0. The molecular weight excluding hydrogens is 653 g/mol. The largest absolute Gasteiger partial charge is 0.310 e. The molecule has 0 aliphatic rings. The Balaban J connectivity index is 1.04. The van der Waals surface area contributed by atoms with Crippen LogP contribution in [0.3, 0.4) is 0 Å². The smallest absolute Gasteiger partial charge is 0.0547 e. The summed E-state index contributed by atoms with van der Waals surface area (Å²) in [7, 11) is 0. The van der Waals surface area contributed by atoms with E-state index in [9.17, 15) is 0 Å². The van der Waals surface area contributed by atoms with Crippen molar-refractivity contribution in [2.75, 3.05) is 4.90 Å². The van der Waals surface area contributed by atoms with Crippen LogP contribution in [-0.4, -0.2) is 4.57 Å². The van der Waals surface area contributed by atoms with Gasteiger partial charge in [0.25, 0.3) is 0 Å². The van der Waals surface area contributed by atoms with Crippen LogP contribution < -0.4 is 4.90 Å². The van der Waals surface area contributed by atoms with Crippen LogP contribution >= 0.6 is 0 Å². The first-order valence-corrected chi connectivity index (χ1v) is 18.5. The number of hydrogen-bond acceptors (Lipinski definition) is 1. The number of fused-ring (bicyclic) bond motifs is 4. The molecule has 0 radical (unpaired) electrons. The first-order valence-electron chi connectivity index (χ1n) is 18.5. The van der Waals surface area contributed by atoms with Gasteiger partial charge in [0.05, 0.1) is 16.7 Å². The van der Waals surface area contributed by atoms with Gasteiger partial charge in [0.15, 0.2) is 0 Å². The summed E-state index contributed by atoms with van der Waals surface area (Å²) in [6, 6.07) is 78.8. The van der Waals surface area contributed by atoms with E-state index in [1.807, 2.05) is 0 Å². The molecule has 9 aromatic carbocycles. The maximum atomic E-state index is 2.40. The lowest BCUT2D eigenvalue weighted by Crippen LogP contribution is -2.11. The minimum atomic E-state index is 1.10. The van der Waals surface area contributed by atoms with E-state index < -0.39 is 0 Å². The van der Waals surface area contributed by atoms with E-state index in [1.54, 1.807) is 0 Å². The van der Waals surface area contributed by atoms with Gasteiger partial charge in [0, 0.05) is 33.4 Å². The Hall–Kier alpha value is -7.16. The van der Waals surface area contributed by atoms with Crippen LogP contribution in [0.4, 0.5) is 17.1 Å². The lowest BCUT2D eigenvalue weighted by Gasteiger charge is -2.28. The first-order chi connectivity index (χ1) is 26.8. The normalized spacial score (nSPS) is 11.3. The van der Waals surface area contributed by atoms with E-state index in [0.29, 0.717) is 0 Å². The zero-order chi connectivity index (χ0) is 35.8. The van der Waals surface area contributed by atoms with Gasteiger partial charge < -0.3 is 9.47 Å². The Morgan fingerprint density at radius 1 is 0.315 bits per heavy atom. The summed E-state index contributed by atoms with van der Waals surface area (Å²) in [5.41, 5.74) is 14.0. The monoisotopic (exact) mass is 688 g/mol. The van der Waals surface area contributed by atoms with Crippen molar-refractivity contribution in [1.29, 1.82) is 0 Å². The van der Waals surface area contributed by atoms with Gasteiger partial charge in [-0.2, -0.15) is 0 Å².